The number of hydrogen-bond donors (Lipinski definition) is 0. The summed E-state index contributed by atoms with van der Waals surface area (Å²) < 4.78 is 0. The molecular weight excluding hydrogens is 438 g/mol. The van der Waals surface area contributed by atoms with E-state index < -0.39 is 20.8 Å². The number of fused-ring (bicyclic) bond motifs is 1. The Hall–Kier alpha value is -0.487. The Bertz CT molecular complexity index is 799. The monoisotopic (exact) mass is 463 g/mol. The molecule has 0 bridgehead atoms. The van der Waals surface area contributed by atoms with Crippen molar-refractivity contribution in [1.29, 1.82) is 0 Å². The molecule has 0 nitrogen and oxygen atoms in total. The van der Waals surface area contributed by atoms with Gasteiger partial charge in [-0.05, 0) is 22.0 Å². The minimum absolute atomic E-state index is 0.155. The molecule has 0 atom stereocenters. The van der Waals surface area contributed by atoms with E-state index in [-0.39, 0.29) is 10.8 Å². The standard InChI is InChI=1S/C23H27.2ClH.Zr/c1-22(2,3)20-13-19(14-21(15-20)23(4,5)6)18-11-16-9-7-8-10-17(16)12-18;;;/h7-15H,1-6H3;2*1H;/q-1;;;+2/p-2. The van der Waals surface area contributed by atoms with Crippen molar-refractivity contribution in [2.75, 3.05) is 0 Å². The molecular formula is C23H27Cl2Zr-. The summed E-state index contributed by atoms with van der Waals surface area (Å²) in [6, 6.07) is 20.3. The topological polar surface area (TPSA) is 0 Å². The fourth-order valence-corrected chi connectivity index (χ4v) is 2.98. The van der Waals surface area contributed by atoms with Crippen LogP contribution in [0.5, 0.6) is 0 Å². The van der Waals surface area contributed by atoms with Crippen LogP contribution in [0, 0.1) is 0 Å². The van der Waals surface area contributed by atoms with Gasteiger partial charge in [-0.1, -0.05) is 83.5 Å². The Kier molecular flexibility index (Phi) is 7.28. The Balaban J connectivity index is 0.000000758. The number of halogens is 2. The quantitative estimate of drug-likeness (QED) is 0.318. The first kappa shape index (κ1) is 21.8. The molecule has 0 aliphatic heterocycles. The first-order chi connectivity index (χ1) is 12.1. The molecule has 138 valence electrons. The van der Waals surface area contributed by atoms with Crippen LogP contribution in [0.15, 0.2) is 54.6 Å². The first-order valence-corrected chi connectivity index (χ1v) is 15.2. The van der Waals surface area contributed by atoms with Crippen LogP contribution >= 0.6 is 17.0 Å². The maximum atomic E-state index is 4.93. The molecule has 0 fully saturated rings. The maximum absolute atomic E-state index is 4.93. The zero-order chi connectivity index (χ0) is 19.5. The van der Waals surface area contributed by atoms with Crippen LogP contribution in [0.1, 0.15) is 52.7 Å². The summed E-state index contributed by atoms with van der Waals surface area (Å²) in [6.07, 6.45) is 0. The van der Waals surface area contributed by atoms with Gasteiger partial charge in [-0.2, -0.15) is 0 Å². The van der Waals surface area contributed by atoms with Gasteiger partial charge in [-0.15, -0.1) is 34.5 Å². The molecule has 0 saturated heterocycles. The van der Waals surface area contributed by atoms with Crippen molar-refractivity contribution in [3.8, 4) is 11.1 Å². The summed E-state index contributed by atoms with van der Waals surface area (Å²) in [7, 11) is 9.87. The van der Waals surface area contributed by atoms with Gasteiger partial charge in [-0.3, -0.25) is 0 Å². The van der Waals surface area contributed by atoms with E-state index in [0.717, 1.165) is 0 Å². The summed E-state index contributed by atoms with van der Waals surface area (Å²) in [6.45, 7) is 13.8. The average molecular weight is 466 g/mol. The van der Waals surface area contributed by atoms with E-state index in [4.69, 9.17) is 17.0 Å². The molecule has 3 aromatic carbocycles. The van der Waals surface area contributed by atoms with E-state index in [2.05, 4.69) is 96.1 Å². The molecule has 0 aliphatic rings. The fraction of sp³-hybridized carbons (Fsp3) is 0.348. The SMILES string of the molecule is CC(C)(C)c1cc(-c2cc3ccccc3[cH-]2)cc(C(C)(C)C)c1.[Cl][Zr][Cl]. The van der Waals surface area contributed by atoms with Gasteiger partial charge in [-0.25, -0.2) is 0 Å². The van der Waals surface area contributed by atoms with Crippen LogP contribution in [-0.4, -0.2) is 0 Å². The van der Waals surface area contributed by atoms with E-state index in [1.165, 1.54) is 33.0 Å². The molecule has 0 aliphatic carbocycles. The van der Waals surface area contributed by atoms with Crippen LogP contribution < -0.4 is 0 Å². The van der Waals surface area contributed by atoms with Crippen LogP contribution in [0.2, 0.25) is 0 Å². The van der Waals surface area contributed by atoms with E-state index in [9.17, 15) is 0 Å². The molecule has 0 spiro atoms. The Morgan fingerprint density at radius 1 is 0.769 bits per heavy atom. The normalized spacial score (nSPS) is 11.8. The van der Waals surface area contributed by atoms with Crippen molar-refractivity contribution in [3.05, 3.63) is 65.7 Å². The van der Waals surface area contributed by atoms with Gasteiger partial charge in [0.05, 0.1) is 0 Å². The first-order valence-electron chi connectivity index (χ1n) is 8.84. The minimum atomic E-state index is -0.826. The van der Waals surface area contributed by atoms with Gasteiger partial charge in [0.25, 0.3) is 0 Å². The second kappa shape index (κ2) is 8.68. The van der Waals surface area contributed by atoms with Gasteiger partial charge in [0.1, 0.15) is 0 Å². The summed E-state index contributed by atoms with van der Waals surface area (Å²) in [5.74, 6) is 0. The Morgan fingerprint density at radius 3 is 1.73 bits per heavy atom. The zero-order valence-electron chi connectivity index (χ0n) is 16.5. The molecule has 0 unspecified atom stereocenters. The molecule has 3 heteroatoms. The average Bonchev–Trinajstić information content (AvgIpc) is 2.97. The van der Waals surface area contributed by atoms with Crippen molar-refractivity contribution >= 4 is 27.8 Å². The van der Waals surface area contributed by atoms with E-state index in [1.807, 2.05) is 0 Å². The van der Waals surface area contributed by atoms with E-state index >= 15 is 0 Å². The van der Waals surface area contributed by atoms with Crippen LogP contribution in [-0.2, 0) is 31.7 Å². The van der Waals surface area contributed by atoms with Gasteiger partial charge < -0.3 is 0 Å². The molecule has 3 rings (SSSR count). The summed E-state index contributed by atoms with van der Waals surface area (Å²) >= 11 is -0.826. The summed E-state index contributed by atoms with van der Waals surface area (Å²) in [4.78, 5) is 0. The zero-order valence-corrected chi connectivity index (χ0v) is 20.4. The third kappa shape index (κ3) is 5.51. The van der Waals surface area contributed by atoms with Gasteiger partial charge in [0.2, 0.25) is 0 Å². The van der Waals surface area contributed by atoms with E-state index in [1.54, 1.807) is 0 Å². The van der Waals surface area contributed by atoms with Gasteiger partial charge in [0.15, 0.2) is 0 Å². The van der Waals surface area contributed by atoms with Crippen molar-refractivity contribution in [1.82, 2.24) is 0 Å². The van der Waals surface area contributed by atoms with Crippen molar-refractivity contribution in [2.24, 2.45) is 0 Å². The van der Waals surface area contributed by atoms with Gasteiger partial charge >= 0.3 is 37.9 Å². The number of benzene rings is 2. The third-order valence-corrected chi connectivity index (χ3v) is 4.62. The van der Waals surface area contributed by atoms with Crippen LogP contribution in [0.3, 0.4) is 0 Å². The molecule has 26 heavy (non-hydrogen) atoms. The predicted octanol–water partition coefficient (Wildman–Crippen LogP) is 8.20. The van der Waals surface area contributed by atoms with Crippen molar-refractivity contribution < 1.29 is 20.8 Å². The summed E-state index contributed by atoms with van der Waals surface area (Å²) in [5.41, 5.74) is 5.78. The Morgan fingerprint density at radius 2 is 1.27 bits per heavy atom. The summed E-state index contributed by atoms with van der Waals surface area (Å²) in [5, 5.41) is 2.64. The van der Waals surface area contributed by atoms with Gasteiger partial charge in [0, 0.05) is 0 Å². The number of hydrogen-bond acceptors (Lipinski definition) is 0. The second-order valence-electron chi connectivity index (χ2n) is 8.74. The van der Waals surface area contributed by atoms with Crippen molar-refractivity contribution in [3.63, 3.8) is 0 Å². The molecule has 0 saturated carbocycles. The second-order valence-corrected chi connectivity index (χ2v) is 12.5. The Labute approximate surface area is 176 Å². The van der Waals surface area contributed by atoms with Crippen molar-refractivity contribution in [2.45, 2.75) is 52.4 Å². The predicted molar refractivity (Wildman–Crippen MR) is 114 cm³/mol. The fourth-order valence-electron chi connectivity index (χ4n) is 2.98. The molecule has 0 amide bonds. The third-order valence-electron chi connectivity index (χ3n) is 4.62. The molecule has 0 radical (unpaired) electrons. The van der Waals surface area contributed by atoms with E-state index in [0.29, 0.717) is 0 Å². The van der Waals surface area contributed by atoms with Crippen LogP contribution in [0.25, 0.3) is 21.9 Å². The number of rotatable bonds is 1. The molecule has 0 heterocycles. The molecule has 0 N–H and O–H groups in total. The molecule has 0 aromatic heterocycles. The molecule has 3 aromatic rings. The van der Waals surface area contributed by atoms with Crippen LogP contribution in [0.4, 0.5) is 0 Å².